The molecule has 5 N–H and O–H groups in total. The summed E-state index contributed by atoms with van der Waals surface area (Å²) in [5.74, 6) is -2.22. The minimum absolute atomic E-state index is 0.169. The van der Waals surface area contributed by atoms with E-state index in [1.165, 1.54) is 20.1 Å². The predicted molar refractivity (Wildman–Crippen MR) is 80.0 cm³/mol. The Labute approximate surface area is 132 Å². The second-order valence-electron chi connectivity index (χ2n) is 4.95. The molecule has 128 valence electrons. The van der Waals surface area contributed by atoms with Gasteiger partial charge in [-0.05, 0) is 18.6 Å². The number of aliphatic hydroxyl groups excluding tert-OH is 2. The molecule has 0 saturated heterocycles. The van der Waals surface area contributed by atoms with Gasteiger partial charge < -0.3 is 30.5 Å². The second kappa shape index (κ2) is 8.30. The van der Waals surface area contributed by atoms with Crippen LogP contribution in [-0.4, -0.2) is 70.5 Å². The van der Waals surface area contributed by atoms with Crippen LogP contribution in [0, 0.1) is 0 Å². The molecule has 9 nitrogen and oxygen atoms in total. The molecule has 23 heavy (non-hydrogen) atoms. The molecule has 0 saturated carbocycles. The first-order valence-electron chi connectivity index (χ1n) is 6.81. The molecule has 1 aliphatic rings. The number of aliphatic hydroxyl groups is 2. The van der Waals surface area contributed by atoms with Gasteiger partial charge in [0.25, 0.3) is 0 Å². The molecule has 1 aliphatic carbocycles. The molecule has 0 aromatic carbocycles. The number of ether oxygens (including phenoxy) is 1. The second-order valence-corrected chi connectivity index (χ2v) is 4.95. The molecule has 0 aromatic heterocycles. The van der Waals surface area contributed by atoms with Crippen molar-refractivity contribution in [3.05, 3.63) is 23.1 Å². The van der Waals surface area contributed by atoms with Crippen LogP contribution >= 0.6 is 0 Å². The molecule has 0 spiro atoms. The van der Waals surface area contributed by atoms with Crippen molar-refractivity contribution in [1.82, 2.24) is 5.32 Å². The molecule has 0 aliphatic heterocycles. The van der Waals surface area contributed by atoms with Crippen molar-refractivity contribution in [1.29, 1.82) is 0 Å². The van der Waals surface area contributed by atoms with E-state index < -0.39 is 30.6 Å². The zero-order chi connectivity index (χ0) is 17.6. The molecule has 9 heteroatoms. The van der Waals surface area contributed by atoms with Crippen LogP contribution in [0.4, 0.5) is 0 Å². The Hall–Kier alpha value is -2.39. The van der Waals surface area contributed by atoms with E-state index in [2.05, 4.69) is 10.3 Å². The third-order valence-electron chi connectivity index (χ3n) is 3.12. The van der Waals surface area contributed by atoms with Crippen molar-refractivity contribution < 1.29 is 34.8 Å². The lowest BCUT2D eigenvalue weighted by Gasteiger charge is -2.26. The summed E-state index contributed by atoms with van der Waals surface area (Å²) >= 11 is 0. The first kappa shape index (κ1) is 18.7. The first-order chi connectivity index (χ1) is 10.8. The number of rotatable bonds is 8. The highest BCUT2D eigenvalue weighted by atomic mass is 16.5. The van der Waals surface area contributed by atoms with Crippen molar-refractivity contribution in [2.45, 2.75) is 25.5 Å². The largest absolute Gasteiger partial charge is 0.493 e. The number of allylic oxidation sites excluding steroid dienone is 2. The monoisotopic (exact) mass is 328 g/mol. The van der Waals surface area contributed by atoms with Crippen LogP contribution in [0.2, 0.25) is 0 Å². The first-order valence-corrected chi connectivity index (χ1v) is 6.81. The third kappa shape index (κ3) is 5.08. The fourth-order valence-corrected chi connectivity index (χ4v) is 2.06. The minimum atomic E-state index is -1.28. The Morgan fingerprint density at radius 1 is 1.43 bits per heavy atom. The van der Waals surface area contributed by atoms with Crippen LogP contribution in [0.25, 0.3) is 0 Å². The summed E-state index contributed by atoms with van der Waals surface area (Å²) in [6.45, 7) is 0.522. The third-order valence-corrected chi connectivity index (χ3v) is 3.12. The molecule has 0 fully saturated rings. The van der Waals surface area contributed by atoms with Crippen LogP contribution in [0.1, 0.15) is 13.3 Å². The number of hydrogen-bond donors (Lipinski definition) is 5. The summed E-state index contributed by atoms with van der Waals surface area (Å²) in [6.07, 6.45) is 0.480. The Balaban J connectivity index is 3.20. The normalized spacial score (nSPS) is 19.1. The molecule has 0 heterocycles. The standard InChI is InChI=1S/C14H20N2O7/c1-7(18)12(14(21)22)16-10-4-8(6-17)3-9(13(10)23-2)15-5-11(19)20/h3,7,12,16-18H,4-6H2,1-2H3,(H,19,20)(H,21,22). The van der Waals surface area contributed by atoms with Gasteiger partial charge in [-0.15, -0.1) is 0 Å². The van der Waals surface area contributed by atoms with E-state index in [9.17, 15) is 19.8 Å². The summed E-state index contributed by atoms with van der Waals surface area (Å²) < 4.78 is 5.19. The molecule has 2 atom stereocenters. The van der Waals surface area contributed by atoms with Gasteiger partial charge in [0.05, 0.1) is 25.5 Å². The van der Waals surface area contributed by atoms with Crippen LogP contribution in [0.3, 0.4) is 0 Å². The van der Waals surface area contributed by atoms with Gasteiger partial charge in [-0.25, -0.2) is 4.79 Å². The SMILES string of the molecule is COC1=C(NC(C(=O)O)C(C)O)CC(CO)=CC1=NCC(=O)O. The van der Waals surface area contributed by atoms with E-state index in [1.54, 1.807) is 0 Å². The lowest BCUT2D eigenvalue weighted by atomic mass is 9.99. The van der Waals surface area contributed by atoms with Crippen molar-refractivity contribution >= 4 is 17.7 Å². The number of hydrogen-bond acceptors (Lipinski definition) is 7. The average Bonchev–Trinajstić information content (AvgIpc) is 2.48. The lowest BCUT2D eigenvalue weighted by molar-refractivity contribution is -0.142. The molecule has 0 amide bonds. The summed E-state index contributed by atoms with van der Waals surface area (Å²) in [6, 6.07) is -1.28. The highest BCUT2D eigenvalue weighted by molar-refractivity contribution is 6.09. The quantitative estimate of drug-likeness (QED) is 0.385. The molecule has 2 unspecified atom stereocenters. The zero-order valence-corrected chi connectivity index (χ0v) is 12.8. The topological polar surface area (TPSA) is 149 Å². The Morgan fingerprint density at radius 3 is 2.52 bits per heavy atom. The molecular weight excluding hydrogens is 308 g/mol. The maximum atomic E-state index is 11.2. The van der Waals surface area contributed by atoms with E-state index in [-0.39, 0.29) is 24.5 Å². The number of carboxylic acids is 2. The number of nitrogens with zero attached hydrogens (tertiary/aromatic N) is 1. The molecular formula is C14H20N2O7. The fourth-order valence-electron chi connectivity index (χ4n) is 2.06. The van der Waals surface area contributed by atoms with Gasteiger partial charge in [0.2, 0.25) is 0 Å². The Bertz CT molecular complexity index is 563. The summed E-state index contributed by atoms with van der Waals surface area (Å²) in [4.78, 5) is 25.7. The lowest BCUT2D eigenvalue weighted by Crippen LogP contribution is -2.45. The van der Waals surface area contributed by atoms with Crippen LogP contribution in [0.5, 0.6) is 0 Å². The van der Waals surface area contributed by atoms with Crippen molar-refractivity contribution in [3.8, 4) is 0 Å². The maximum absolute atomic E-state index is 11.2. The predicted octanol–water partition coefficient (Wildman–Crippen LogP) is -0.884. The van der Waals surface area contributed by atoms with E-state index in [4.69, 9.17) is 14.9 Å². The van der Waals surface area contributed by atoms with Gasteiger partial charge in [-0.3, -0.25) is 9.79 Å². The smallest absolute Gasteiger partial charge is 0.328 e. The average molecular weight is 328 g/mol. The Kier molecular flexibility index (Phi) is 6.73. The summed E-state index contributed by atoms with van der Waals surface area (Å²) in [7, 11) is 1.34. The van der Waals surface area contributed by atoms with Gasteiger partial charge in [0, 0.05) is 6.42 Å². The number of aliphatic imine (C=N–C) groups is 1. The number of aliphatic carboxylic acids is 2. The zero-order valence-electron chi connectivity index (χ0n) is 12.8. The minimum Gasteiger partial charge on any atom is -0.493 e. The maximum Gasteiger partial charge on any atom is 0.328 e. The number of methoxy groups -OCH3 is 1. The number of carbonyl (C=O) groups is 2. The van der Waals surface area contributed by atoms with Gasteiger partial charge >= 0.3 is 11.9 Å². The Morgan fingerprint density at radius 2 is 2.09 bits per heavy atom. The fraction of sp³-hybridized carbons (Fsp3) is 0.500. The van der Waals surface area contributed by atoms with Crippen LogP contribution in [-0.2, 0) is 14.3 Å². The number of carboxylic acid groups (broad SMARTS) is 2. The van der Waals surface area contributed by atoms with E-state index in [1.807, 2.05) is 0 Å². The van der Waals surface area contributed by atoms with Gasteiger partial charge in [0.15, 0.2) is 11.8 Å². The van der Waals surface area contributed by atoms with Crippen molar-refractivity contribution in [3.63, 3.8) is 0 Å². The molecule has 0 radical (unpaired) electrons. The molecule has 1 rings (SSSR count). The van der Waals surface area contributed by atoms with Crippen molar-refractivity contribution in [2.75, 3.05) is 20.3 Å². The van der Waals surface area contributed by atoms with Crippen LogP contribution < -0.4 is 5.32 Å². The molecule has 0 aromatic rings. The van der Waals surface area contributed by atoms with Crippen LogP contribution in [0.15, 0.2) is 28.1 Å². The van der Waals surface area contributed by atoms with E-state index >= 15 is 0 Å². The van der Waals surface area contributed by atoms with E-state index in [0.717, 1.165) is 0 Å². The molecule has 0 bridgehead atoms. The van der Waals surface area contributed by atoms with E-state index in [0.29, 0.717) is 11.3 Å². The highest BCUT2D eigenvalue weighted by Crippen LogP contribution is 2.23. The summed E-state index contributed by atoms with van der Waals surface area (Å²) in [5, 5.41) is 39.4. The summed E-state index contributed by atoms with van der Waals surface area (Å²) in [5.41, 5.74) is 0.992. The van der Waals surface area contributed by atoms with Crippen molar-refractivity contribution in [2.24, 2.45) is 4.99 Å². The van der Waals surface area contributed by atoms with Gasteiger partial charge in [-0.1, -0.05) is 0 Å². The number of nitrogens with one attached hydrogen (secondary N) is 1. The van der Waals surface area contributed by atoms with Gasteiger partial charge in [0.1, 0.15) is 12.3 Å². The van der Waals surface area contributed by atoms with Gasteiger partial charge in [-0.2, -0.15) is 0 Å². The highest BCUT2D eigenvalue weighted by Gasteiger charge is 2.28.